The molecule has 4 nitrogen and oxygen atoms in total. The SMILES string of the molecule is C[C@@H]1CC(C(=O)N[C@@H]2CCCC[C@@H]2OCc2ccccc2)C[C@H](C)O1. The van der Waals surface area contributed by atoms with Gasteiger partial charge in [-0.05, 0) is 45.1 Å². The van der Waals surface area contributed by atoms with Gasteiger partial charge in [0, 0.05) is 5.92 Å². The van der Waals surface area contributed by atoms with Gasteiger partial charge in [0.1, 0.15) is 0 Å². The Morgan fingerprint density at radius 2 is 1.80 bits per heavy atom. The summed E-state index contributed by atoms with van der Waals surface area (Å²) in [4.78, 5) is 12.8. The average molecular weight is 345 g/mol. The van der Waals surface area contributed by atoms with Gasteiger partial charge in [-0.25, -0.2) is 0 Å². The smallest absolute Gasteiger partial charge is 0.223 e. The predicted molar refractivity (Wildman–Crippen MR) is 98.2 cm³/mol. The van der Waals surface area contributed by atoms with Crippen LogP contribution in [0, 0.1) is 5.92 Å². The molecule has 138 valence electrons. The first-order valence-corrected chi connectivity index (χ1v) is 9.73. The van der Waals surface area contributed by atoms with Crippen LogP contribution < -0.4 is 5.32 Å². The zero-order valence-corrected chi connectivity index (χ0v) is 15.4. The molecule has 25 heavy (non-hydrogen) atoms. The summed E-state index contributed by atoms with van der Waals surface area (Å²) < 4.78 is 11.9. The molecule has 0 radical (unpaired) electrons. The van der Waals surface area contributed by atoms with E-state index in [4.69, 9.17) is 9.47 Å². The highest BCUT2D eigenvalue weighted by Crippen LogP contribution is 2.27. The van der Waals surface area contributed by atoms with Gasteiger partial charge in [-0.2, -0.15) is 0 Å². The Morgan fingerprint density at radius 1 is 1.12 bits per heavy atom. The number of nitrogens with one attached hydrogen (secondary N) is 1. The van der Waals surface area contributed by atoms with Crippen molar-refractivity contribution in [3.8, 4) is 0 Å². The van der Waals surface area contributed by atoms with E-state index in [1.54, 1.807) is 0 Å². The third-order valence-corrected chi connectivity index (χ3v) is 5.41. The first kappa shape index (κ1) is 18.4. The summed E-state index contributed by atoms with van der Waals surface area (Å²) in [5, 5.41) is 3.30. The predicted octanol–water partition coefficient (Wildman–Crippen LogP) is 3.83. The van der Waals surface area contributed by atoms with Crippen molar-refractivity contribution in [1.29, 1.82) is 0 Å². The monoisotopic (exact) mass is 345 g/mol. The molecule has 5 atom stereocenters. The van der Waals surface area contributed by atoms with E-state index < -0.39 is 0 Å². The maximum atomic E-state index is 12.8. The van der Waals surface area contributed by atoms with Crippen molar-refractivity contribution < 1.29 is 14.3 Å². The van der Waals surface area contributed by atoms with E-state index in [-0.39, 0.29) is 36.2 Å². The first-order chi connectivity index (χ1) is 12.1. The molecule has 2 aliphatic rings. The molecule has 1 saturated heterocycles. The van der Waals surface area contributed by atoms with Crippen molar-refractivity contribution in [3.63, 3.8) is 0 Å². The van der Waals surface area contributed by atoms with Crippen LogP contribution in [0.4, 0.5) is 0 Å². The summed E-state index contributed by atoms with van der Waals surface area (Å²) in [6, 6.07) is 10.4. The molecule has 1 aromatic carbocycles. The molecule has 1 aliphatic heterocycles. The van der Waals surface area contributed by atoms with Gasteiger partial charge >= 0.3 is 0 Å². The highest BCUT2D eigenvalue weighted by atomic mass is 16.5. The molecule has 1 aromatic rings. The molecular weight excluding hydrogens is 314 g/mol. The highest BCUT2D eigenvalue weighted by molar-refractivity contribution is 5.79. The Bertz CT molecular complexity index is 537. The summed E-state index contributed by atoms with van der Waals surface area (Å²) in [7, 11) is 0. The van der Waals surface area contributed by atoms with Crippen LogP contribution in [0.1, 0.15) is 57.9 Å². The summed E-state index contributed by atoms with van der Waals surface area (Å²) in [5.74, 6) is 0.248. The Balaban J connectivity index is 1.54. The summed E-state index contributed by atoms with van der Waals surface area (Å²) in [6.45, 7) is 4.73. The zero-order chi connectivity index (χ0) is 17.6. The molecule has 1 saturated carbocycles. The summed E-state index contributed by atoms with van der Waals surface area (Å²) in [6.07, 6.45) is 6.46. The molecule has 2 fully saturated rings. The van der Waals surface area contributed by atoms with Crippen molar-refractivity contribution in [1.82, 2.24) is 5.32 Å². The van der Waals surface area contributed by atoms with E-state index in [0.29, 0.717) is 6.61 Å². The van der Waals surface area contributed by atoms with E-state index in [2.05, 4.69) is 31.3 Å². The molecule has 0 aromatic heterocycles. The van der Waals surface area contributed by atoms with Crippen LogP contribution in [0.25, 0.3) is 0 Å². The first-order valence-electron chi connectivity index (χ1n) is 9.73. The van der Waals surface area contributed by atoms with Crippen LogP contribution in [-0.4, -0.2) is 30.3 Å². The zero-order valence-electron chi connectivity index (χ0n) is 15.4. The van der Waals surface area contributed by atoms with Crippen molar-refractivity contribution in [2.45, 2.75) is 83.3 Å². The maximum Gasteiger partial charge on any atom is 0.223 e. The molecule has 0 bridgehead atoms. The number of amides is 1. The number of carbonyl (C=O) groups excluding carboxylic acids is 1. The molecule has 4 heteroatoms. The van der Waals surface area contributed by atoms with Crippen molar-refractivity contribution in [2.24, 2.45) is 5.92 Å². The molecule has 1 unspecified atom stereocenters. The number of ether oxygens (including phenoxy) is 2. The molecular formula is C21H31NO3. The van der Waals surface area contributed by atoms with E-state index in [1.165, 1.54) is 12.0 Å². The van der Waals surface area contributed by atoms with Gasteiger partial charge in [0.15, 0.2) is 0 Å². The molecule has 0 spiro atoms. The van der Waals surface area contributed by atoms with Gasteiger partial charge in [0.05, 0.1) is 31.0 Å². The topological polar surface area (TPSA) is 47.6 Å². The molecule has 1 heterocycles. The third-order valence-electron chi connectivity index (χ3n) is 5.41. The van der Waals surface area contributed by atoms with Gasteiger partial charge in [-0.15, -0.1) is 0 Å². The van der Waals surface area contributed by atoms with Crippen LogP contribution in [0.5, 0.6) is 0 Å². The third kappa shape index (κ3) is 5.29. The van der Waals surface area contributed by atoms with Crippen molar-refractivity contribution in [3.05, 3.63) is 35.9 Å². The lowest BCUT2D eigenvalue weighted by Crippen LogP contribution is -2.49. The number of carbonyl (C=O) groups is 1. The molecule has 1 N–H and O–H groups in total. The van der Waals surface area contributed by atoms with Crippen LogP contribution in [0.3, 0.4) is 0 Å². The van der Waals surface area contributed by atoms with Gasteiger partial charge in [-0.1, -0.05) is 43.2 Å². The second-order valence-corrected chi connectivity index (χ2v) is 7.66. The lowest BCUT2D eigenvalue weighted by molar-refractivity contribution is -0.135. The van der Waals surface area contributed by atoms with Gasteiger partial charge < -0.3 is 14.8 Å². The normalized spacial score (nSPS) is 33.0. The van der Waals surface area contributed by atoms with Crippen LogP contribution in [0.15, 0.2) is 30.3 Å². The summed E-state index contributed by atoms with van der Waals surface area (Å²) >= 11 is 0. The van der Waals surface area contributed by atoms with Crippen molar-refractivity contribution >= 4 is 5.91 Å². The fourth-order valence-electron chi connectivity index (χ4n) is 4.16. The van der Waals surface area contributed by atoms with Crippen LogP contribution in [-0.2, 0) is 20.9 Å². The lowest BCUT2D eigenvalue weighted by Gasteiger charge is -2.35. The second kappa shape index (κ2) is 8.81. The van der Waals surface area contributed by atoms with E-state index in [9.17, 15) is 4.79 Å². The quantitative estimate of drug-likeness (QED) is 0.882. The molecule has 1 amide bonds. The van der Waals surface area contributed by atoms with Crippen molar-refractivity contribution in [2.75, 3.05) is 0 Å². The fourth-order valence-corrected chi connectivity index (χ4v) is 4.16. The number of rotatable bonds is 5. The molecule has 3 rings (SSSR count). The lowest BCUT2D eigenvalue weighted by atomic mass is 9.89. The van der Waals surface area contributed by atoms with Crippen LogP contribution >= 0.6 is 0 Å². The second-order valence-electron chi connectivity index (χ2n) is 7.66. The number of hydrogen-bond donors (Lipinski definition) is 1. The average Bonchev–Trinajstić information content (AvgIpc) is 2.61. The van der Waals surface area contributed by atoms with Crippen LogP contribution in [0.2, 0.25) is 0 Å². The Morgan fingerprint density at radius 3 is 2.52 bits per heavy atom. The Kier molecular flexibility index (Phi) is 6.49. The fraction of sp³-hybridized carbons (Fsp3) is 0.667. The Hall–Kier alpha value is -1.39. The number of hydrogen-bond acceptors (Lipinski definition) is 3. The number of benzene rings is 1. The minimum absolute atomic E-state index is 0.0652. The highest BCUT2D eigenvalue weighted by Gasteiger charge is 2.33. The summed E-state index contributed by atoms with van der Waals surface area (Å²) in [5.41, 5.74) is 1.19. The maximum absolute atomic E-state index is 12.8. The Labute approximate surface area is 151 Å². The minimum atomic E-state index is 0.0652. The largest absolute Gasteiger partial charge is 0.376 e. The minimum Gasteiger partial charge on any atom is -0.376 e. The molecule has 1 aliphatic carbocycles. The van der Waals surface area contributed by atoms with E-state index >= 15 is 0 Å². The van der Waals surface area contributed by atoms with Gasteiger partial charge in [0.25, 0.3) is 0 Å². The van der Waals surface area contributed by atoms with E-state index in [0.717, 1.165) is 32.1 Å². The van der Waals surface area contributed by atoms with Gasteiger partial charge in [0.2, 0.25) is 5.91 Å². The standard InChI is InChI=1S/C21H31NO3/c1-15-12-18(13-16(2)25-15)21(23)22-19-10-6-7-11-20(19)24-14-17-8-4-3-5-9-17/h3-5,8-9,15-16,18-20H,6-7,10-14H2,1-2H3,(H,22,23)/t15-,16+,18?,19-,20+/m1/s1. The van der Waals surface area contributed by atoms with Gasteiger partial charge in [-0.3, -0.25) is 4.79 Å². The van der Waals surface area contributed by atoms with E-state index in [1.807, 2.05) is 18.2 Å².